The van der Waals surface area contributed by atoms with Crippen LogP contribution in [-0.4, -0.2) is 11.0 Å². The van der Waals surface area contributed by atoms with Crippen molar-refractivity contribution in [2.75, 3.05) is 5.32 Å². The molecule has 0 unspecified atom stereocenters. The Morgan fingerprint density at radius 2 is 1.53 bits per heavy atom. The van der Waals surface area contributed by atoms with Crippen LogP contribution < -0.4 is 5.32 Å². The molecule has 0 fully saturated rings. The topological polar surface area (TPSA) is 49.3 Å². The number of halogens is 8. The van der Waals surface area contributed by atoms with E-state index in [1.807, 2.05) is 0 Å². The molecule has 3 rings (SSSR count). The van der Waals surface area contributed by atoms with Crippen molar-refractivity contribution in [1.82, 2.24) is 0 Å². The van der Waals surface area contributed by atoms with Gasteiger partial charge in [-0.2, -0.15) is 26.3 Å². The molecule has 168 valence electrons. The summed E-state index contributed by atoms with van der Waals surface area (Å²) >= 11 is 0. The number of aromatic hydroxyl groups is 1. The molecule has 0 aliphatic rings. The van der Waals surface area contributed by atoms with Crippen molar-refractivity contribution in [2.24, 2.45) is 0 Å². The highest BCUT2D eigenvalue weighted by molar-refractivity contribution is 6.07. The molecule has 0 aliphatic carbocycles. The van der Waals surface area contributed by atoms with Gasteiger partial charge in [0.1, 0.15) is 17.4 Å². The predicted molar refractivity (Wildman–Crippen MR) is 97.9 cm³/mol. The first kappa shape index (κ1) is 23.0. The zero-order valence-corrected chi connectivity index (χ0v) is 15.6. The molecule has 3 aromatic rings. The lowest BCUT2D eigenvalue weighted by Crippen LogP contribution is -2.21. The van der Waals surface area contributed by atoms with Gasteiger partial charge < -0.3 is 10.4 Å². The zero-order chi connectivity index (χ0) is 23.8. The van der Waals surface area contributed by atoms with Crippen LogP contribution >= 0.6 is 0 Å². The Kier molecular flexibility index (Phi) is 5.86. The standard InChI is InChI=1S/C21H11F8NO2/c22-11-5-6-12(15(23)9-11)10-4-7-17(31)13(8-10)19(32)30-16-3-1-2-14(20(24,25)26)18(16)21(27,28)29/h1-9,31H,(H,30,32). The molecule has 3 aromatic carbocycles. The van der Waals surface area contributed by atoms with E-state index in [-0.39, 0.29) is 17.2 Å². The van der Waals surface area contributed by atoms with E-state index in [0.29, 0.717) is 18.2 Å². The molecule has 0 saturated heterocycles. The summed E-state index contributed by atoms with van der Waals surface area (Å²) in [6, 6.07) is 7.03. The molecule has 0 bridgehead atoms. The van der Waals surface area contributed by atoms with E-state index in [9.17, 15) is 45.0 Å². The van der Waals surface area contributed by atoms with Crippen molar-refractivity contribution < 1.29 is 45.0 Å². The third-order valence-corrected chi connectivity index (χ3v) is 4.38. The van der Waals surface area contributed by atoms with Gasteiger partial charge in [0.15, 0.2) is 0 Å². The minimum Gasteiger partial charge on any atom is -0.507 e. The fourth-order valence-corrected chi connectivity index (χ4v) is 3.00. The van der Waals surface area contributed by atoms with E-state index >= 15 is 0 Å². The van der Waals surface area contributed by atoms with E-state index in [4.69, 9.17) is 0 Å². The maximum Gasteiger partial charge on any atom is 0.419 e. The van der Waals surface area contributed by atoms with Gasteiger partial charge in [0.2, 0.25) is 0 Å². The molecule has 1 amide bonds. The fraction of sp³-hybridized carbons (Fsp3) is 0.0952. The normalized spacial score (nSPS) is 12.0. The number of anilines is 1. The number of phenolic OH excluding ortho intramolecular Hbond substituents is 1. The summed E-state index contributed by atoms with van der Waals surface area (Å²) in [5, 5.41) is 11.7. The second-order valence-corrected chi connectivity index (χ2v) is 6.53. The summed E-state index contributed by atoms with van der Waals surface area (Å²) in [7, 11) is 0. The van der Waals surface area contributed by atoms with Crippen LogP contribution in [-0.2, 0) is 12.4 Å². The second-order valence-electron chi connectivity index (χ2n) is 6.53. The maximum atomic E-state index is 14.0. The molecule has 11 heteroatoms. The predicted octanol–water partition coefficient (Wildman–Crippen LogP) is 6.63. The summed E-state index contributed by atoms with van der Waals surface area (Å²) in [5.74, 6) is -4.00. The van der Waals surface area contributed by atoms with Crippen LogP contribution in [0, 0.1) is 11.6 Å². The van der Waals surface area contributed by atoms with Crippen LogP contribution in [0.1, 0.15) is 21.5 Å². The van der Waals surface area contributed by atoms with Gasteiger partial charge in [-0.1, -0.05) is 12.1 Å². The number of alkyl halides is 6. The van der Waals surface area contributed by atoms with E-state index in [0.717, 1.165) is 30.3 Å². The smallest absolute Gasteiger partial charge is 0.419 e. The Morgan fingerprint density at radius 1 is 0.844 bits per heavy atom. The highest BCUT2D eigenvalue weighted by Crippen LogP contribution is 2.44. The SMILES string of the molecule is O=C(Nc1cccc(C(F)(F)F)c1C(F)(F)F)c1cc(-c2ccc(F)cc2F)ccc1O. The number of hydrogen-bond donors (Lipinski definition) is 2. The first-order valence-corrected chi connectivity index (χ1v) is 8.66. The molecule has 0 spiro atoms. The van der Waals surface area contributed by atoms with Crippen molar-refractivity contribution in [3.05, 3.63) is 82.9 Å². The summed E-state index contributed by atoms with van der Waals surface area (Å²) < 4.78 is 106. The number of nitrogens with one attached hydrogen (secondary N) is 1. The Balaban J connectivity index is 2.05. The minimum absolute atomic E-state index is 0.0365. The van der Waals surface area contributed by atoms with Gasteiger partial charge >= 0.3 is 12.4 Å². The largest absolute Gasteiger partial charge is 0.507 e. The number of hydrogen-bond acceptors (Lipinski definition) is 2. The van der Waals surface area contributed by atoms with Gasteiger partial charge in [-0.25, -0.2) is 8.78 Å². The average Bonchev–Trinajstić information content (AvgIpc) is 2.67. The van der Waals surface area contributed by atoms with E-state index in [1.54, 1.807) is 5.32 Å². The van der Waals surface area contributed by atoms with Crippen molar-refractivity contribution in [3.8, 4) is 16.9 Å². The Hall–Kier alpha value is -3.63. The Morgan fingerprint density at radius 3 is 2.12 bits per heavy atom. The minimum atomic E-state index is -5.46. The van der Waals surface area contributed by atoms with Gasteiger partial charge in [-0.3, -0.25) is 4.79 Å². The molecule has 0 saturated carbocycles. The lowest BCUT2D eigenvalue weighted by atomic mass is 10.0. The molecule has 2 N–H and O–H groups in total. The van der Waals surface area contributed by atoms with Crippen LogP contribution in [0.5, 0.6) is 5.75 Å². The molecule has 0 radical (unpaired) electrons. The summed E-state index contributed by atoms with van der Waals surface area (Å²) in [6.07, 6.45) is -10.8. The third kappa shape index (κ3) is 4.66. The van der Waals surface area contributed by atoms with Gasteiger partial charge in [-0.15, -0.1) is 0 Å². The van der Waals surface area contributed by atoms with Crippen LogP contribution in [0.3, 0.4) is 0 Å². The maximum absolute atomic E-state index is 14.0. The van der Waals surface area contributed by atoms with Crippen molar-refractivity contribution >= 4 is 11.6 Å². The van der Waals surface area contributed by atoms with Gasteiger partial charge in [0.05, 0.1) is 22.4 Å². The molecule has 0 atom stereocenters. The van der Waals surface area contributed by atoms with E-state index in [2.05, 4.69) is 0 Å². The molecular weight excluding hydrogens is 450 g/mol. The van der Waals surface area contributed by atoms with Gasteiger partial charge in [0, 0.05) is 11.6 Å². The first-order chi connectivity index (χ1) is 14.8. The highest BCUT2D eigenvalue weighted by Gasteiger charge is 2.45. The first-order valence-electron chi connectivity index (χ1n) is 8.66. The Bertz CT molecular complexity index is 1190. The van der Waals surface area contributed by atoms with Crippen molar-refractivity contribution in [3.63, 3.8) is 0 Å². The summed E-state index contributed by atoms with van der Waals surface area (Å²) in [4.78, 5) is 12.5. The van der Waals surface area contributed by atoms with Gasteiger partial charge in [0.25, 0.3) is 5.91 Å². The molecule has 32 heavy (non-hydrogen) atoms. The van der Waals surface area contributed by atoms with Crippen LogP contribution in [0.4, 0.5) is 40.8 Å². The molecular formula is C21H11F8NO2. The van der Waals surface area contributed by atoms with Crippen molar-refractivity contribution in [2.45, 2.75) is 12.4 Å². The molecule has 0 aliphatic heterocycles. The number of carbonyl (C=O) groups is 1. The number of amides is 1. The third-order valence-electron chi connectivity index (χ3n) is 4.38. The zero-order valence-electron chi connectivity index (χ0n) is 15.6. The number of benzene rings is 3. The summed E-state index contributed by atoms with van der Waals surface area (Å²) in [6.45, 7) is 0. The highest BCUT2D eigenvalue weighted by atomic mass is 19.4. The number of phenols is 1. The fourth-order valence-electron chi connectivity index (χ4n) is 3.00. The molecule has 0 heterocycles. The monoisotopic (exact) mass is 461 g/mol. The van der Waals surface area contributed by atoms with Crippen LogP contribution in [0.15, 0.2) is 54.6 Å². The number of rotatable bonds is 3. The van der Waals surface area contributed by atoms with Gasteiger partial charge in [-0.05, 0) is 42.0 Å². The number of carbonyl (C=O) groups excluding carboxylic acids is 1. The van der Waals surface area contributed by atoms with Crippen LogP contribution in [0.25, 0.3) is 11.1 Å². The lowest BCUT2D eigenvalue weighted by molar-refractivity contribution is -0.161. The lowest BCUT2D eigenvalue weighted by Gasteiger charge is -2.19. The Labute approximate surface area is 174 Å². The quantitative estimate of drug-likeness (QED) is 0.431. The van der Waals surface area contributed by atoms with E-state index in [1.165, 1.54) is 0 Å². The van der Waals surface area contributed by atoms with Crippen LogP contribution in [0.2, 0.25) is 0 Å². The van der Waals surface area contributed by atoms with E-state index < -0.39 is 58.0 Å². The average molecular weight is 461 g/mol. The summed E-state index contributed by atoms with van der Waals surface area (Å²) in [5.41, 5.74) is -6.16. The molecule has 3 nitrogen and oxygen atoms in total. The van der Waals surface area contributed by atoms with Crippen molar-refractivity contribution in [1.29, 1.82) is 0 Å². The molecule has 0 aromatic heterocycles. The second kappa shape index (κ2) is 8.13.